The summed E-state index contributed by atoms with van der Waals surface area (Å²) in [6.45, 7) is 8.84. The van der Waals surface area contributed by atoms with Crippen molar-refractivity contribution in [2.75, 3.05) is 6.54 Å². The zero-order valence-corrected chi connectivity index (χ0v) is 12.5. The number of nitrogens with one attached hydrogen (secondary N) is 1. The molecule has 98 valence electrons. The predicted molar refractivity (Wildman–Crippen MR) is 82.6 cm³/mol. The van der Waals surface area contributed by atoms with Crippen molar-refractivity contribution in [3.8, 4) is 0 Å². The molecule has 1 aromatic carbocycles. The summed E-state index contributed by atoms with van der Waals surface area (Å²) in [6.07, 6.45) is 3.63. The molecule has 1 nitrogen and oxygen atoms in total. The number of benzene rings is 1. The normalized spacial score (nSPS) is 11.3. The monoisotopic (exact) mass is 261 g/mol. The lowest BCUT2D eigenvalue weighted by molar-refractivity contribution is 0.677. The molecule has 0 bridgehead atoms. The maximum absolute atomic E-state index is 3.54. The van der Waals surface area contributed by atoms with E-state index in [1.807, 2.05) is 11.3 Å². The van der Waals surface area contributed by atoms with Crippen LogP contribution in [0, 0.1) is 6.92 Å². The Morgan fingerprint density at radius 1 is 1.17 bits per heavy atom. The van der Waals surface area contributed by atoms with Crippen LogP contribution in [0.15, 0.2) is 18.2 Å². The van der Waals surface area contributed by atoms with Gasteiger partial charge in [-0.3, -0.25) is 0 Å². The van der Waals surface area contributed by atoms with E-state index in [9.17, 15) is 0 Å². The molecule has 0 aliphatic carbocycles. The molecule has 1 N–H and O–H groups in total. The van der Waals surface area contributed by atoms with Gasteiger partial charge in [-0.25, -0.2) is 0 Å². The van der Waals surface area contributed by atoms with Crippen LogP contribution in [0.25, 0.3) is 10.1 Å². The fourth-order valence-corrected chi connectivity index (χ4v) is 3.69. The van der Waals surface area contributed by atoms with Crippen molar-refractivity contribution in [2.24, 2.45) is 0 Å². The van der Waals surface area contributed by atoms with Crippen molar-refractivity contribution < 1.29 is 0 Å². The smallest absolute Gasteiger partial charge is 0.0378 e. The van der Waals surface area contributed by atoms with Crippen LogP contribution in [0.2, 0.25) is 0 Å². The van der Waals surface area contributed by atoms with Crippen LogP contribution < -0.4 is 5.32 Å². The van der Waals surface area contributed by atoms with Gasteiger partial charge in [0.1, 0.15) is 0 Å². The summed E-state index contributed by atoms with van der Waals surface area (Å²) >= 11 is 1.98. The quantitative estimate of drug-likeness (QED) is 0.746. The van der Waals surface area contributed by atoms with E-state index >= 15 is 0 Å². The molecule has 18 heavy (non-hydrogen) atoms. The molecule has 1 heterocycles. The summed E-state index contributed by atoms with van der Waals surface area (Å²) < 4.78 is 1.48. The van der Waals surface area contributed by atoms with Gasteiger partial charge < -0.3 is 5.32 Å². The number of rotatable bonds is 6. The zero-order valence-electron chi connectivity index (χ0n) is 11.7. The van der Waals surface area contributed by atoms with Crippen molar-refractivity contribution in [3.05, 3.63) is 34.2 Å². The van der Waals surface area contributed by atoms with Crippen molar-refractivity contribution in [1.82, 2.24) is 5.32 Å². The standard InChI is InChI=1S/C16H23NS/c1-4-7-13-14-9-6-8-12(3)16(14)18-15(13)11-17-10-5-2/h6,8-9,17H,4-5,7,10-11H2,1-3H3. The van der Waals surface area contributed by atoms with Crippen molar-refractivity contribution in [3.63, 3.8) is 0 Å². The van der Waals surface area contributed by atoms with E-state index in [2.05, 4.69) is 44.3 Å². The molecular formula is C16H23NS. The van der Waals surface area contributed by atoms with Crippen LogP contribution in [0.4, 0.5) is 0 Å². The van der Waals surface area contributed by atoms with Gasteiger partial charge in [-0.2, -0.15) is 0 Å². The summed E-state index contributed by atoms with van der Waals surface area (Å²) in [5.41, 5.74) is 2.99. The molecule has 2 heteroatoms. The van der Waals surface area contributed by atoms with Crippen LogP contribution in [-0.2, 0) is 13.0 Å². The van der Waals surface area contributed by atoms with E-state index in [-0.39, 0.29) is 0 Å². The van der Waals surface area contributed by atoms with Gasteiger partial charge in [-0.05, 0) is 42.8 Å². The SMILES string of the molecule is CCCNCc1sc2c(C)cccc2c1CCC. The summed E-state index contributed by atoms with van der Waals surface area (Å²) in [5.74, 6) is 0. The molecule has 0 unspecified atom stereocenters. The summed E-state index contributed by atoms with van der Waals surface area (Å²) in [5, 5.41) is 5.02. The van der Waals surface area contributed by atoms with Gasteiger partial charge in [0.05, 0.1) is 0 Å². The van der Waals surface area contributed by atoms with Gasteiger partial charge in [-0.15, -0.1) is 11.3 Å². The van der Waals surface area contributed by atoms with Crippen LogP contribution in [0.5, 0.6) is 0 Å². The van der Waals surface area contributed by atoms with Crippen LogP contribution >= 0.6 is 11.3 Å². The Balaban J connectivity index is 2.37. The maximum Gasteiger partial charge on any atom is 0.0378 e. The molecule has 2 aromatic rings. The lowest BCUT2D eigenvalue weighted by atomic mass is 10.0. The molecule has 0 amide bonds. The second kappa shape index (κ2) is 6.35. The molecule has 0 fully saturated rings. The molecule has 0 saturated carbocycles. The highest BCUT2D eigenvalue weighted by molar-refractivity contribution is 7.19. The zero-order chi connectivity index (χ0) is 13.0. The van der Waals surface area contributed by atoms with E-state index in [0.29, 0.717) is 0 Å². The first-order valence-corrected chi connectivity index (χ1v) is 7.80. The third kappa shape index (κ3) is 2.76. The average Bonchev–Trinajstić information content (AvgIpc) is 2.71. The highest BCUT2D eigenvalue weighted by Gasteiger charge is 2.12. The number of hydrogen-bond donors (Lipinski definition) is 1. The van der Waals surface area contributed by atoms with Gasteiger partial charge >= 0.3 is 0 Å². The Bertz CT molecular complexity index is 513. The van der Waals surface area contributed by atoms with Crippen molar-refractivity contribution >= 4 is 21.4 Å². The fourth-order valence-electron chi connectivity index (χ4n) is 2.41. The molecule has 0 saturated heterocycles. The molecule has 0 radical (unpaired) electrons. The fraction of sp³-hybridized carbons (Fsp3) is 0.500. The Morgan fingerprint density at radius 2 is 2.00 bits per heavy atom. The van der Waals surface area contributed by atoms with E-state index in [4.69, 9.17) is 0 Å². The highest BCUT2D eigenvalue weighted by atomic mass is 32.1. The van der Waals surface area contributed by atoms with Crippen LogP contribution in [0.1, 0.15) is 42.7 Å². The van der Waals surface area contributed by atoms with Gasteiger partial charge in [0.2, 0.25) is 0 Å². The average molecular weight is 261 g/mol. The Hall–Kier alpha value is -0.860. The summed E-state index contributed by atoms with van der Waals surface area (Å²) in [7, 11) is 0. The first kappa shape index (κ1) is 13.6. The minimum absolute atomic E-state index is 1.03. The molecular weight excluding hydrogens is 238 g/mol. The topological polar surface area (TPSA) is 12.0 Å². The van der Waals surface area contributed by atoms with Gasteiger partial charge in [0.25, 0.3) is 0 Å². The van der Waals surface area contributed by atoms with Crippen LogP contribution in [0.3, 0.4) is 0 Å². The van der Waals surface area contributed by atoms with Gasteiger partial charge in [-0.1, -0.05) is 38.5 Å². The van der Waals surface area contributed by atoms with Gasteiger partial charge in [0.15, 0.2) is 0 Å². The predicted octanol–water partition coefficient (Wildman–Crippen LogP) is 4.66. The number of fused-ring (bicyclic) bond motifs is 1. The second-order valence-electron chi connectivity index (χ2n) is 4.88. The molecule has 0 aliphatic heterocycles. The van der Waals surface area contributed by atoms with E-state index in [0.717, 1.165) is 13.1 Å². The molecule has 1 aromatic heterocycles. The largest absolute Gasteiger partial charge is 0.312 e. The first-order valence-electron chi connectivity index (χ1n) is 6.98. The number of hydrogen-bond acceptors (Lipinski definition) is 2. The summed E-state index contributed by atoms with van der Waals surface area (Å²) in [4.78, 5) is 1.54. The van der Waals surface area contributed by atoms with E-state index < -0.39 is 0 Å². The van der Waals surface area contributed by atoms with Crippen molar-refractivity contribution in [2.45, 2.75) is 46.6 Å². The third-order valence-electron chi connectivity index (χ3n) is 3.31. The lowest BCUT2D eigenvalue weighted by Gasteiger charge is -2.04. The number of thiophene rings is 1. The first-order chi connectivity index (χ1) is 8.77. The van der Waals surface area contributed by atoms with Gasteiger partial charge in [0, 0.05) is 16.1 Å². The lowest BCUT2D eigenvalue weighted by Crippen LogP contribution is -2.13. The molecule has 2 rings (SSSR count). The molecule has 0 spiro atoms. The van der Waals surface area contributed by atoms with E-state index in [1.54, 1.807) is 5.56 Å². The summed E-state index contributed by atoms with van der Waals surface area (Å²) in [6, 6.07) is 6.69. The molecule has 0 atom stereocenters. The Morgan fingerprint density at radius 3 is 2.72 bits per heavy atom. The number of aryl methyl sites for hydroxylation is 2. The Kier molecular flexibility index (Phi) is 4.79. The highest BCUT2D eigenvalue weighted by Crippen LogP contribution is 2.34. The molecule has 0 aliphatic rings. The van der Waals surface area contributed by atoms with E-state index in [1.165, 1.54) is 39.8 Å². The Labute approximate surface area is 114 Å². The second-order valence-corrected chi connectivity index (χ2v) is 5.99. The third-order valence-corrected chi connectivity index (χ3v) is 4.69. The van der Waals surface area contributed by atoms with Crippen molar-refractivity contribution in [1.29, 1.82) is 0 Å². The maximum atomic E-state index is 3.54. The minimum atomic E-state index is 1.03. The van der Waals surface area contributed by atoms with Crippen LogP contribution in [-0.4, -0.2) is 6.54 Å². The minimum Gasteiger partial charge on any atom is -0.312 e.